The van der Waals surface area contributed by atoms with Crippen molar-refractivity contribution in [2.75, 3.05) is 11.1 Å². The van der Waals surface area contributed by atoms with E-state index in [1.807, 2.05) is 63.2 Å². The molecule has 0 fully saturated rings. The Morgan fingerprint density at radius 3 is 2.68 bits per heavy atom. The molecule has 0 bridgehead atoms. The van der Waals surface area contributed by atoms with Crippen LogP contribution in [0.4, 0.5) is 5.69 Å². The Labute approximate surface area is 151 Å². The van der Waals surface area contributed by atoms with Crippen molar-refractivity contribution in [3.8, 4) is 11.4 Å². The van der Waals surface area contributed by atoms with E-state index >= 15 is 0 Å². The summed E-state index contributed by atoms with van der Waals surface area (Å²) in [5, 5.41) is 10.6. The van der Waals surface area contributed by atoms with Gasteiger partial charge in [0.1, 0.15) is 0 Å². The summed E-state index contributed by atoms with van der Waals surface area (Å²) in [5.41, 5.74) is 5.21. The molecule has 6 heteroatoms. The molecule has 3 rings (SSSR count). The molecule has 0 unspecified atom stereocenters. The lowest BCUT2D eigenvalue weighted by Gasteiger charge is -2.08. The number of aryl methyl sites for hydroxylation is 3. The van der Waals surface area contributed by atoms with E-state index < -0.39 is 0 Å². The van der Waals surface area contributed by atoms with E-state index in [0.717, 1.165) is 28.2 Å². The Kier molecular flexibility index (Phi) is 5.19. The monoisotopic (exact) mass is 352 g/mol. The van der Waals surface area contributed by atoms with Crippen LogP contribution >= 0.6 is 11.8 Å². The molecule has 1 aromatic heterocycles. The first-order valence-corrected chi connectivity index (χ1v) is 9.00. The van der Waals surface area contributed by atoms with E-state index in [9.17, 15) is 4.79 Å². The van der Waals surface area contributed by atoms with Crippen molar-refractivity contribution in [2.24, 2.45) is 0 Å². The van der Waals surface area contributed by atoms with Crippen LogP contribution in [0.15, 0.2) is 47.6 Å². The molecule has 0 aliphatic rings. The van der Waals surface area contributed by atoms with Gasteiger partial charge in [0, 0.05) is 11.3 Å². The van der Waals surface area contributed by atoms with Crippen LogP contribution in [0, 0.1) is 20.8 Å². The smallest absolute Gasteiger partial charge is 0.234 e. The predicted octanol–water partition coefficient (Wildman–Crippen LogP) is 4.13. The van der Waals surface area contributed by atoms with Gasteiger partial charge < -0.3 is 5.32 Å². The van der Waals surface area contributed by atoms with Crippen LogP contribution < -0.4 is 5.32 Å². The average Bonchev–Trinajstić information content (AvgIpc) is 3.05. The SMILES string of the molecule is Cc1ccc(NC(=O)CSc2n[nH]c(-c3ccccc3C)n2)c(C)c1. The Bertz CT molecular complexity index is 904. The number of anilines is 1. The third-order valence-electron chi connectivity index (χ3n) is 3.85. The van der Waals surface area contributed by atoms with Crippen LogP contribution in [0.1, 0.15) is 16.7 Å². The number of aromatic nitrogens is 3. The molecular weight excluding hydrogens is 332 g/mol. The van der Waals surface area contributed by atoms with Gasteiger partial charge in [-0.2, -0.15) is 0 Å². The number of amides is 1. The van der Waals surface area contributed by atoms with Crippen molar-refractivity contribution in [2.45, 2.75) is 25.9 Å². The molecular formula is C19H20N4OS. The number of carbonyl (C=O) groups excluding carboxylic acids is 1. The second-order valence-corrected chi connectivity index (χ2v) is 6.88. The van der Waals surface area contributed by atoms with Crippen molar-refractivity contribution in [3.05, 3.63) is 59.2 Å². The average molecular weight is 352 g/mol. The first-order chi connectivity index (χ1) is 12.0. The minimum atomic E-state index is -0.0702. The van der Waals surface area contributed by atoms with Gasteiger partial charge in [-0.3, -0.25) is 9.89 Å². The van der Waals surface area contributed by atoms with Gasteiger partial charge in [-0.15, -0.1) is 5.10 Å². The molecule has 0 aliphatic heterocycles. The second kappa shape index (κ2) is 7.53. The fourth-order valence-corrected chi connectivity index (χ4v) is 3.14. The molecule has 5 nitrogen and oxygen atoms in total. The third-order valence-corrected chi connectivity index (χ3v) is 4.70. The van der Waals surface area contributed by atoms with E-state index in [0.29, 0.717) is 5.16 Å². The van der Waals surface area contributed by atoms with Gasteiger partial charge >= 0.3 is 0 Å². The summed E-state index contributed by atoms with van der Waals surface area (Å²) in [7, 11) is 0. The van der Waals surface area contributed by atoms with Crippen molar-refractivity contribution in [1.82, 2.24) is 15.2 Å². The zero-order chi connectivity index (χ0) is 17.8. The van der Waals surface area contributed by atoms with E-state index in [2.05, 4.69) is 20.5 Å². The summed E-state index contributed by atoms with van der Waals surface area (Å²) in [6.45, 7) is 6.05. The molecule has 2 N–H and O–H groups in total. The molecule has 0 saturated carbocycles. The van der Waals surface area contributed by atoms with Gasteiger partial charge in [-0.05, 0) is 38.0 Å². The largest absolute Gasteiger partial charge is 0.325 e. The fourth-order valence-electron chi connectivity index (χ4n) is 2.54. The first-order valence-electron chi connectivity index (χ1n) is 8.01. The number of nitrogens with zero attached hydrogens (tertiary/aromatic N) is 2. The van der Waals surface area contributed by atoms with Gasteiger partial charge in [-0.1, -0.05) is 53.7 Å². The number of H-pyrrole nitrogens is 1. The lowest BCUT2D eigenvalue weighted by atomic mass is 10.1. The highest BCUT2D eigenvalue weighted by atomic mass is 32.2. The molecule has 0 aliphatic carbocycles. The van der Waals surface area contributed by atoms with Gasteiger partial charge in [0.25, 0.3) is 0 Å². The second-order valence-electron chi connectivity index (χ2n) is 5.94. The number of benzene rings is 2. The highest BCUT2D eigenvalue weighted by Crippen LogP contribution is 2.22. The van der Waals surface area contributed by atoms with Crippen LogP contribution in [0.5, 0.6) is 0 Å². The topological polar surface area (TPSA) is 70.7 Å². The molecule has 25 heavy (non-hydrogen) atoms. The van der Waals surface area contributed by atoms with Crippen LogP contribution in [0.2, 0.25) is 0 Å². The molecule has 0 spiro atoms. The normalized spacial score (nSPS) is 10.7. The summed E-state index contributed by atoms with van der Waals surface area (Å²) in [6, 6.07) is 13.9. The highest BCUT2D eigenvalue weighted by Gasteiger charge is 2.11. The Hall–Kier alpha value is -2.60. The minimum absolute atomic E-state index is 0.0702. The van der Waals surface area contributed by atoms with Crippen LogP contribution in [0.25, 0.3) is 11.4 Å². The summed E-state index contributed by atoms with van der Waals surface area (Å²) in [6.07, 6.45) is 0. The van der Waals surface area contributed by atoms with Crippen molar-refractivity contribution in [1.29, 1.82) is 0 Å². The number of rotatable bonds is 5. The van der Waals surface area contributed by atoms with E-state index in [4.69, 9.17) is 0 Å². The molecule has 0 radical (unpaired) electrons. The van der Waals surface area contributed by atoms with E-state index in [1.54, 1.807) is 0 Å². The molecule has 1 amide bonds. The summed E-state index contributed by atoms with van der Waals surface area (Å²) in [5.74, 6) is 0.910. The number of hydrogen-bond donors (Lipinski definition) is 2. The van der Waals surface area contributed by atoms with E-state index in [-0.39, 0.29) is 11.7 Å². The third kappa shape index (κ3) is 4.28. The molecule has 1 heterocycles. The maximum atomic E-state index is 12.2. The molecule has 0 atom stereocenters. The van der Waals surface area contributed by atoms with Gasteiger partial charge in [-0.25, -0.2) is 4.98 Å². The zero-order valence-electron chi connectivity index (χ0n) is 14.5. The summed E-state index contributed by atoms with van der Waals surface area (Å²) < 4.78 is 0. The van der Waals surface area contributed by atoms with E-state index in [1.165, 1.54) is 17.3 Å². The van der Waals surface area contributed by atoms with Crippen molar-refractivity contribution in [3.63, 3.8) is 0 Å². The Balaban J connectivity index is 1.60. The molecule has 0 saturated heterocycles. The van der Waals surface area contributed by atoms with Gasteiger partial charge in [0.2, 0.25) is 11.1 Å². The molecule has 3 aromatic rings. The van der Waals surface area contributed by atoms with Crippen molar-refractivity contribution >= 4 is 23.4 Å². The molecule has 128 valence electrons. The minimum Gasteiger partial charge on any atom is -0.325 e. The Morgan fingerprint density at radius 2 is 1.92 bits per heavy atom. The standard InChI is InChI=1S/C19H20N4OS/c1-12-8-9-16(14(3)10-12)20-17(24)11-25-19-21-18(22-23-19)15-7-5-4-6-13(15)2/h4-10H,11H2,1-3H3,(H,20,24)(H,21,22,23). The molecule has 2 aromatic carbocycles. The fraction of sp³-hybridized carbons (Fsp3) is 0.211. The maximum absolute atomic E-state index is 12.2. The lowest BCUT2D eigenvalue weighted by molar-refractivity contribution is -0.113. The van der Waals surface area contributed by atoms with Gasteiger partial charge in [0.15, 0.2) is 5.82 Å². The number of nitrogens with one attached hydrogen (secondary N) is 2. The van der Waals surface area contributed by atoms with Crippen LogP contribution in [0.3, 0.4) is 0 Å². The van der Waals surface area contributed by atoms with Gasteiger partial charge in [0.05, 0.1) is 5.75 Å². The number of aromatic amines is 1. The summed E-state index contributed by atoms with van der Waals surface area (Å²) >= 11 is 1.31. The van der Waals surface area contributed by atoms with Crippen LogP contribution in [-0.2, 0) is 4.79 Å². The maximum Gasteiger partial charge on any atom is 0.234 e. The number of hydrogen-bond acceptors (Lipinski definition) is 4. The zero-order valence-corrected chi connectivity index (χ0v) is 15.3. The van der Waals surface area contributed by atoms with Crippen LogP contribution in [-0.4, -0.2) is 26.8 Å². The predicted molar refractivity (Wildman–Crippen MR) is 102 cm³/mol. The quantitative estimate of drug-likeness (QED) is 0.678. The Morgan fingerprint density at radius 1 is 1.12 bits per heavy atom. The number of thioether (sulfide) groups is 1. The first kappa shape index (κ1) is 17.2. The lowest BCUT2D eigenvalue weighted by Crippen LogP contribution is -2.15. The number of carbonyl (C=O) groups is 1. The summed E-state index contributed by atoms with van der Waals surface area (Å²) in [4.78, 5) is 16.6. The highest BCUT2D eigenvalue weighted by molar-refractivity contribution is 7.99. The van der Waals surface area contributed by atoms with Crippen molar-refractivity contribution < 1.29 is 4.79 Å².